The molecule has 1 aliphatic heterocycles. The van der Waals surface area contributed by atoms with Crippen LogP contribution in [0.15, 0.2) is 23.6 Å². The summed E-state index contributed by atoms with van der Waals surface area (Å²) in [5.74, 6) is 1.04. The number of amides is 2. The molecule has 0 saturated carbocycles. The number of hydrogen-bond donors (Lipinski definition) is 3. The second kappa shape index (κ2) is 6.74. The minimum atomic E-state index is -0.650. The van der Waals surface area contributed by atoms with E-state index in [0.717, 1.165) is 5.56 Å². The fourth-order valence-corrected chi connectivity index (χ4v) is 3.31. The number of rotatable bonds is 3. The van der Waals surface area contributed by atoms with E-state index in [1.165, 1.54) is 11.3 Å². The van der Waals surface area contributed by atoms with Crippen molar-refractivity contribution in [1.29, 1.82) is 0 Å². The van der Waals surface area contributed by atoms with E-state index in [0.29, 0.717) is 34.6 Å². The van der Waals surface area contributed by atoms with Crippen molar-refractivity contribution in [3.05, 3.63) is 39.2 Å². The van der Waals surface area contributed by atoms with Crippen molar-refractivity contribution in [2.45, 2.75) is 25.5 Å². The van der Waals surface area contributed by atoms with E-state index in [1.807, 2.05) is 12.1 Å². The van der Waals surface area contributed by atoms with E-state index < -0.39 is 6.10 Å². The summed E-state index contributed by atoms with van der Waals surface area (Å²) in [7, 11) is 0. The van der Waals surface area contributed by atoms with Gasteiger partial charge in [-0.1, -0.05) is 23.7 Å². The Morgan fingerprint density at radius 3 is 3.13 bits per heavy atom. The van der Waals surface area contributed by atoms with Crippen molar-refractivity contribution in [2.75, 3.05) is 11.9 Å². The quantitative estimate of drug-likeness (QED) is 0.788. The fraction of sp³-hybridized carbons (Fsp3) is 0.333. The molecule has 2 atom stereocenters. The molecule has 23 heavy (non-hydrogen) atoms. The van der Waals surface area contributed by atoms with Gasteiger partial charge in [0.05, 0.1) is 17.7 Å². The summed E-state index contributed by atoms with van der Waals surface area (Å²) in [6.45, 7) is 2.12. The van der Waals surface area contributed by atoms with Crippen LogP contribution in [0, 0.1) is 0 Å². The number of aliphatic hydroxyl groups is 1. The van der Waals surface area contributed by atoms with Gasteiger partial charge in [0.2, 0.25) is 0 Å². The fourth-order valence-electron chi connectivity index (χ4n) is 2.38. The van der Waals surface area contributed by atoms with Gasteiger partial charge in [0.1, 0.15) is 22.7 Å². The molecule has 0 bridgehead atoms. The summed E-state index contributed by atoms with van der Waals surface area (Å²) in [4.78, 5) is 16.3. The van der Waals surface area contributed by atoms with Crippen molar-refractivity contribution < 1.29 is 14.6 Å². The molecule has 2 aromatic rings. The van der Waals surface area contributed by atoms with E-state index in [1.54, 1.807) is 18.4 Å². The number of para-hydroxylation sites is 1. The molecule has 1 aromatic carbocycles. The maximum Gasteiger partial charge on any atom is 0.320 e. The molecule has 0 spiro atoms. The summed E-state index contributed by atoms with van der Waals surface area (Å²) in [5.41, 5.74) is 0.863. The number of urea groups is 1. The maximum atomic E-state index is 12.2. The van der Waals surface area contributed by atoms with Gasteiger partial charge in [-0.2, -0.15) is 0 Å². The first-order valence-electron chi connectivity index (χ1n) is 7.17. The number of hydrogen-bond acceptors (Lipinski definition) is 5. The van der Waals surface area contributed by atoms with Crippen molar-refractivity contribution in [2.24, 2.45) is 0 Å². The third-order valence-corrected chi connectivity index (χ3v) is 4.76. The number of benzene rings is 1. The molecule has 1 aromatic heterocycles. The smallest absolute Gasteiger partial charge is 0.320 e. The highest BCUT2D eigenvalue weighted by molar-refractivity contribution is 7.10. The molecule has 0 aliphatic carbocycles. The average molecular weight is 354 g/mol. The molecule has 0 saturated heterocycles. The highest BCUT2D eigenvalue weighted by Gasteiger charge is 2.24. The zero-order chi connectivity index (χ0) is 16.4. The molecule has 1 aliphatic rings. The van der Waals surface area contributed by atoms with Gasteiger partial charge in [-0.15, -0.1) is 11.3 Å². The van der Waals surface area contributed by atoms with E-state index in [9.17, 15) is 9.90 Å². The molecular formula is C15H16ClN3O3S. The number of carbonyl (C=O) groups is 1. The van der Waals surface area contributed by atoms with E-state index in [4.69, 9.17) is 16.3 Å². The third-order valence-electron chi connectivity index (χ3n) is 3.45. The lowest BCUT2D eigenvalue weighted by Crippen LogP contribution is -2.35. The topological polar surface area (TPSA) is 83.5 Å². The van der Waals surface area contributed by atoms with Crippen LogP contribution in [0.5, 0.6) is 5.75 Å². The Kier molecular flexibility index (Phi) is 4.70. The highest BCUT2D eigenvalue weighted by atomic mass is 35.5. The molecule has 3 rings (SSSR count). The predicted molar refractivity (Wildman–Crippen MR) is 89.2 cm³/mol. The van der Waals surface area contributed by atoms with Crippen LogP contribution in [0.25, 0.3) is 0 Å². The summed E-state index contributed by atoms with van der Waals surface area (Å²) < 4.78 is 5.57. The molecule has 0 fully saturated rings. The van der Waals surface area contributed by atoms with Gasteiger partial charge in [0, 0.05) is 17.4 Å². The molecular weight excluding hydrogens is 338 g/mol. The van der Waals surface area contributed by atoms with Crippen molar-refractivity contribution >= 4 is 34.8 Å². The average Bonchev–Trinajstić information content (AvgIpc) is 2.97. The molecule has 2 amide bonds. The van der Waals surface area contributed by atoms with E-state index >= 15 is 0 Å². The van der Waals surface area contributed by atoms with Crippen molar-refractivity contribution in [1.82, 2.24) is 10.3 Å². The number of halogens is 1. The van der Waals surface area contributed by atoms with Gasteiger partial charge in [-0.05, 0) is 13.0 Å². The molecule has 122 valence electrons. The normalized spacial score (nSPS) is 17.8. The first-order valence-corrected chi connectivity index (χ1v) is 8.42. The summed E-state index contributed by atoms with van der Waals surface area (Å²) in [6.07, 6.45) is 0.0136. The summed E-state index contributed by atoms with van der Waals surface area (Å²) in [6, 6.07) is 4.95. The van der Waals surface area contributed by atoms with Crippen LogP contribution < -0.4 is 15.4 Å². The molecule has 2 heterocycles. The van der Waals surface area contributed by atoms with Crippen LogP contribution in [-0.4, -0.2) is 22.7 Å². The van der Waals surface area contributed by atoms with Crippen LogP contribution in [0.4, 0.5) is 10.6 Å². The number of thiazole rings is 1. The number of aromatic nitrogens is 1. The van der Waals surface area contributed by atoms with E-state index in [2.05, 4.69) is 15.6 Å². The van der Waals surface area contributed by atoms with Crippen LogP contribution in [-0.2, 0) is 0 Å². The number of carbonyl (C=O) groups excluding carboxylic acids is 1. The molecule has 0 radical (unpaired) electrons. The second-order valence-corrected chi connectivity index (χ2v) is 6.49. The summed E-state index contributed by atoms with van der Waals surface area (Å²) in [5, 5.41) is 17.8. The lowest BCUT2D eigenvalue weighted by atomic mass is 10.0. The number of anilines is 1. The minimum absolute atomic E-state index is 0.174. The molecule has 3 N–H and O–H groups in total. The van der Waals surface area contributed by atoms with Crippen LogP contribution in [0.3, 0.4) is 0 Å². The standard InChI is InChI=1S/C15H16ClN3O3S/c1-8(20)14-18-12(7-23-14)19-15(21)17-11-5-6-22-13-9(11)3-2-4-10(13)16/h2-4,7-8,11,20H,5-6H2,1H3,(H2,17,19,21)/t8?,11-/m0/s1. The Labute approximate surface area is 142 Å². The van der Waals surface area contributed by atoms with Gasteiger partial charge >= 0.3 is 6.03 Å². The zero-order valence-electron chi connectivity index (χ0n) is 12.4. The van der Waals surface area contributed by atoms with Gasteiger partial charge < -0.3 is 15.2 Å². The van der Waals surface area contributed by atoms with Crippen LogP contribution in [0.1, 0.15) is 36.1 Å². The minimum Gasteiger partial charge on any atom is -0.492 e. The number of fused-ring (bicyclic) bond motifs is 1. The Balaban J connectivity index is 1.68. The monoisotopic (exact) mass is 353 g/mol. The number of nitrogens with one attached hydrogen (secondary N) is 2. The maximum absolute atomic E-state index is 12.2. The Hall–Kier alpha value is -1.83. The summed E-state index contributed by atoms with van der Waals surface area (Å²) >= 11 is 7.42. The van der Waals surface area contributed by atoms with Gasteiger partial charge in [0.25, 0.3) is 0 Å². The highest BCUT2D eigenvalue weighted by Crippen LogP contribution is 2.37. The molecule has 6 nitrogen and oxygen atoms in total. The zero-order valence-corrected chi connectivity index (χ0v) is 13.9. The van der Waals surface area contributed by atoms with E-state index in [-0.39, 0.29) is 12.1 Å². The first kappa shape index (κ1) is 16.0. The van der Waals surface area contributed by atoms with Crippen LogP contribution >= 0.6 is 22.9 Å². The second-order valence-electron chi connectivity index (χ2n) is 5.19. The van der Waals surface area contributed by atoms with Gasteiger partial charge in [-0.3, -0.25) is 5.32 Å². The van der Waals surface area contributed by atoms with Crippen molar-refractivity contribution in [3.63, 3.8) is 0 Å². The Morgan fingerprint density at radius 1 is 1.57 bits per heavy atom. The predicted octanol–water partition coefficient (Wildman–Crippen LogP) is 3.50. The lowest BCUT2D eigenvalue weighted by molar-refractivity contribution is 0.199. The van der Waals surface area contributed by atoms with Crippen LogP contribution in [0.2, 0.25) is 5.02 Å². The first-order chi connectivity index (χ1) is 11.0. The van der Waals surface area contributed by atoms with Gasteiger partial charge in [-0.25, -0.2) is 9.78 Å². The SMILES string of the molecule is CC(O)c1nc(NC(=O)N[C@H]2CCOc3c(Cl)cccc32)cs1. The number of nitrogens with zero attached hydrogens (tertiary/aromatic N) is 1. The largest absolute Gasteiger partial charge is 0.492 e. The Morgan fingerprint density at radius 2 is 2.39 bits per heavy atom. The Bertz CT molecular complexity index is 720. The third kappa shape index (κ3) is 3.57. The van der Waals surface area contributed by atoms with Gasteiger partial charge in [0.15, 0.2) is 0 Å². The number of ether oxygens (including phenoxy) is 1. The molecule has 8 heteroatoms. The number of aliphatic hydroxyl groups excluding tert-OH is 1. The van der Waals surface area contributed by atoms with Crippen molar-refractivity contribution in [3.8, 4) is 5.75 Å². The molecule has 1 unspecified atom stereocenters. The lowest BCUT2D eigenvalue weighted by Gasteiger charge is -2.27.